The van der Waals surface area contributed by atoms with E-state index in [2.05, 4.69) is 0 Å². The van der Waals surface area contributed by atoms with Crippen LogP contribution in [-0.4, -0.2) is 108 Å². The van der Waals surface area contributed by atoms with Gasteiger partial charge in [0.05, 0.1) is 12.4 Å². The molecule has 3 aliphatic carbocycles. The van der Waals surface area contributed by atoms with Crippen molar-refractivity contribution in [3.05, 3.63) is 258 Å². The quantitative estimate of drug-likeness (QED) is 0.0447. The monoisotopic (exact) mass is 1430 g/mol. The third-order valence-corrected chi connectivity index (χ3v) is 21.9. The molecule has 0 aromatic heterocycles. The first-order chi connectivity index (χ1) is 49.9. The zero-order valence-corrected chi connectivity index (χ0v) is 58.1. The fourth-order valence-electron chi connectivity index (χ4n) is 15.7. The lowest BCUT2D eigenvalue weighted by atomic mass is 9.75. The minimum atomic E-state index is -1.39. The lowest BCUT2D eigenvalue weighted by Crippen LogP contribution is -2.16. The van der Waals surface area contributed by atoms with E-state index in [1.165, 1.54) is 42.5 Å². The number of phenols is 18. The van der Waals surface area contributed by atoms with Crippen molar-refractivity contribution in [2.75, 3.05) is 0 Å². The van der Waals surface area contributed by atoms with Gasteiger partial charge in [-0.15, -0.1) is 0 Å². The third-order valence-electron chi connectivity index (χ3n) is 21.9. The predicted octanol–water partition coefficient (Wildman–Crippen LogP) is 15.2. The van der Waals surface area contributed by atoms with E-state index in [1.54, 1.807) is 88.4 Å². The van der Waals surface area contributed by atoms with Crippen LogP contribution in [0.25, 0.3) is 0 Å². The van der Waals surface area contributed by atoms with Gasteiger partial charge in [0.25, 0.3) is 0 Å². The van der Waals surface area contributed by atoms with Gasteiger partial charge in [0.15, 0.2) is 0 Å². The summed E-state index contributed by atoms with van der Waals surface area (Å²) < 4.78 is 0. The normalized spacial score (nSPS) is 19.3. The van der Waals surface area contributed by atoms with Crippen molar-refractivity contribution in [1.29, 1.82) is 0 Å². The molecule has 9 atom stereocenters. The Hall–Kier alpha value is -11.9. The Kier molecular flexibility index (Phi) is 20.4. The Morgan fingerprint density at radius 3 is 0.962 bits per heavy atom. The number of aliphatic hydroxyl groups excluding tert-OH is 2. The van der Waals surface area contributed by atoms with Gasteiger partial charge in [0.2, 0.25) is 0 Å². The molecule has 546 valence electrons. The van der Waals surface area contributed by atoms with Crippen LogP contribution in [0.1, 0.15) is 189 Å². The van der Waals surface area contributed by atoms with Gasteiger partial charge < -0.3 is 102 Å². The number of aromatic hydroxyl groups is 18. The van der Waals surface area contributed by atoms with E-state index >= 15 is 0 Å². The summed E-state index contributed by atoms with van der Waals surface area (Å²) in [6.45, 7) is 6.81. The zero-order valence-electron chi connectivity index (χ0n) is 58.1. The van der Waals surface area contributed by atoms with E-state index in [-0.39, 0.29) is 201 Å². The minimum absolute atomic E-state index is 0.0196. The first-order valence-corrected chi connectivity index (χ1v) is 34.9. The smallest absolute Gasteiger partial charge is 0.123 e. The molecule has 0 radical (unpaired) electrons. The molecule has 3 aliphatic rings. The van der Waals surface area contributed by atoms with Crippen LogP contribution >= 0.6 is 0 Å². The summed E-state index contributed by atoms with van der Waals surface area (Å²) >= 11 is 0. The Balaban J connectivity index is 1.08. The fraction of sp³-hybridized carbons (Fsp3) is 0.271. The number of benzene rings is 9. The maximum absolute atomic E-state index is 12.5. The van der Waals surface area contributed by atoms with Gasteiger partial charge in [-0.3, -0.25) is 0 Å². The number of aliphatic hydroxyl groups is 2. The second-order valence-corrected chi connectivity index (χ2v) is 28.5. The van der Waals surface area contributed by atoms with Gasteiger partial charge in [-0.1, -0.05) is 51.2 Å². The number of aryl methyl sites for hydroxylation is 3. The highest BCUT2D eigenvalue weighted by Gasteiger charge is 2.34. The molecule has 0 spiro atoms. The SMILES string of the molecule is C/C(=C/C(/C=C\C(/C=C\CC1CCc2cc(c(O)cc2O)Cc2cc(c(O)cc2O)C(C)c2cc1c(O)cc2O)C1CCc2cc(c(O)cc2O)Cc2cc(c(O)cc2O)C(C)c2cc1c(O)cc2O)C1CCc2cc(c(O)cc2O)Cc2cc(c(O)cc2O)C(C)c2cc1c(O)cc2O)C(O)/C=C/O. The molecule has 105 heavy (non-hydrogen) atoms. The van der Waals surface area contributed by atoms with Crippen LogP contribution in [0.5, 0.6) is 103 Å². The standard InChI is InChI=1S/C85H86O20/c1-40(67(87)16-17-86)18-46(57-15-13-49-21-52(73(93)33-70(49)90)24-55-27-60(79(99)36-76(55)96)43(4)63-30-66(57)85(105)39-82(63)102)10-8-44(56-14-12-48-20-51(72(92)32-69(48)89)23-54-26-59(78(98)35-75(54)95)42(3)62-29-65(56)84(104)38-81(62)101)6-5-7-45-9-11-47-19-50(71(91)31-68(47)88)22-53-25-58(77(97)34-74(53)94)41(2)61-28-64(45)83(103)37-80(61)100/h5-6,8,10,16-21,25-39,41-46,56-57,67,86-105H,7,9,11-15,22-24H2,1-4H3/b6-5-,10-8-,17-16+,40-18-. The Morgan fingerprint density at radius 2 is 0.590 bits per heavy atom. The highest BCUT2D eigenvalue weighted by atomic mass is 16.3. The average Bonchev–Trinajstić information content (AvgIpc) is 0.782. The fourth-order valence-corrected chi connectivity index (χ4v) is 15.7. The topological polar surface area (TPSA) is 405 Å². The van der Waals surface area contributed by atoms with Crippen molar-refractivity contribution in [3.63, 3.8) is 0 Å². The summed E-state index contributed by atoms with van der Waals surface area (Å²) in [4.78, 5) is 0. The third kappa shape index (κ3) is 14.8. The predicted molar refractivity (Wildman–Crippen MR) is 394 cm³/mol. The summed E-state index contributed by atoms with van der Waals surface area (Å²) in [5.74, 6) is -12.2. The number of rotatable bonds is 10. The largest absolute Gasteiger partial charge is 0.516 e. The van der Waals surface area contributed by atoms with Crippen LogP contribution < -0.4 is 0 Å². The molecule has 0 saturated carbocycles. The highest BCUT2D eigenvalue weighted by molar-refractivity contribution is 5.62. The Bertz CT molecular complexity index is 5010. The Labute approximate surface area is 605 Å². The number of hydrogen-bond donors (Lipinski definition) is 20. The van der Waals surface area contributed by atoms with Crippen LogP contribution in [0.2, 0.25) is 0 Å². The van der Waals surface area contributed by atoms with E-state index in [0.717, 1.165) is 18.2 Å². The van der Waals surface area contributed by atoms with Crippen molar-refractivity contribution >= 4 is 0 Å². The van der Waals surface area contributed by atoms with Gasteiger partial charge in [-0.25, -0.2) is 0 Å². The number of hydrogen-bond acceptors (Lipinski definition) is 20. The number of phenolic OH excluding ortho intramolecular Hbond substituents is 18. The molecule has 0 saturated heterocycles. The minimum Gasteiger partial charge on any atom is -0.516 e. The van der Waals surface area contributed by atoms with Gasteiger partial charge in [-0.05, 0) is 203 Å². The van der Waals surface area contributed by atoms with Crippen molar-refractivity contribution in [2.24, 2.45) is 11.8 Å². The van der Waals surface area contributed by atoms with E-state index < -0.39 is 53.4 Å². The van der Waals surface area contributed by atoms with Gasteiger partial charge in [0, 0.05) is 137 Å². The second kappa shape index (κ2) is 29.5. The lowest BCUT2D eigenvalue weighted by molar-refractivity contribution is 0.254. The molecule has 0 amide bonds. The molecule has 20 nitrogen and oxygen atoms in total. The van der Waals surface area contributed by atoms with Gasteiger partial charge >= 0.3 is 0 Å². The molecule has 9 aromatic rings. The van der Waals surface area contributed by atoms with Crippen LogP contribution in [0, 0.1) is 11.8 Å². The summed E-state index contributed by atoms with van der Waals surface area (Å²) in [6.07, 6.45) is 10.1. The molecule has 0 heterocycles. The lowest BCUT2D eigenvalue weighted by Gasteiger charge is -2.29. The van der Waals surface area contributed by atoms with Crippen molar-refractivity contribution < 1.29 is 102 Å². The van der Waals surface area contributed by atoms with Gasteiger partial charge in [-0.2, -0.15) is 0 Å². The maximum Gasteiger partial charge on any atom is 0.123 e. The molecular weight excluding hydrogens is 1340 g/mol. The van der Waals surface area contributed by atoms with Crippen LogP contribution in [0.4, 0.5) is 0 Å². The van der Waals surface area contributed by atoms with Crippen molar-refractivity contribution in [2.45, 2.75) is 134 Å². The first kappa shape index (κ1) is 72.9. The molecular formula is C85H86O20. The van der Waals surface area contributed by atoms with Crippen LogP contribution in [-0.2, 0) is 38.5 Å². The first-order valence-electron chi connectivity index (χ1n) is 34.9. The van der Waals surface area contributed by atoms with E-state index in [0.29, 0.717) is 78.6 Å². The number of allylic oxidation sites excluding steroid dienone is 5. The van der Waals surface area contributed by atoms with Crippen molar-refractivity contribution in [1.82, 2.24) is 0 Å². The molecule has 0 aliphatic heterocycles. The second-order valence-electron chi connectivity index (χ2n) is 28.5. The summed E-state index contributed by atoms with van der Waals surface area (Å²) in [6, 6.07) is 25.1. The molecule has 20 heteroatoms. The van der Waals surface area contributed by atoms with Crippen molar-refractivity contribution in [3.8, 4) is 103 Å². The molecule has 18 bridgehead atoms. The van der Waals surface area contributed by atoms with Gasteiger partial charge in [0.1, 0.15) is 103 Å². The average molecular weight is 1430 g/mol. The summed E-state index contributed by atoms with van der Waals surface area (Å²) in [5, 5.41) is 231. The van der Waals surface area contributed by atoms with E-state index in [1.807, 2.05) is 24.3 Å². The molecule has 20 N–H and O–H groups in total. The molecule has 0 fully saturated rings. The molecule has 12 rings (SSSR count). The summed E-state index contributed by atoms with van der Waals surface area (Å²) in [5.41, 5.74) is 5.81. The zero-order chi connectivity index (χ0) is 75.3. The van der Waals surface area contributed by atoms with E-state index in [4.69, 9.17) is 0 Å². The molecule has 9 aromatic carbocycles. The molecule has 9 unspecified atom stereocenters. The van der Waals surface area contributed by atoms with Crippen LogP contribution in [0.3, 0.4) is 0 Å². The summed E-state index contributed by atoms with van der Waals surface area (Å²) in [7, 11) is 0. The highest BCUT2D eigenvalue weighted by Crippen LogP contribution is 2.52. The van der Waals surface area contributed by atoms with E-state index in [9.17, 15) is 102 Å². The Morgan fingerprint density at radius 1 is 0.314 bits per heavy atom. The van der Waals surface area contributed by atoms with Crippen LogP contribution in [0.15, 0.2) is 157 Å². The maximum atomic E-state index is 12.5. The number of fused-ring (bicyclic) bond motifs is 18.